The Labute approximate surface area is 88.8 Å². The van der Waals surface area contributed by atoms with E-state index < -0.39 is 0 Å². The van der Waals surface area contributed by atoms with Crippen molar-refractivity contribution in [1.82, 2.24) is 10.3 Å². The van der Waals surface area contributed by atoms with E-state index in [0.29, 0.717) is 10.9 Å². The molecule has 0 aliphatic carbocycles. The molecule has 1 aromatic heterocycles. The number of pyridine rings is 1. The number of hydrogen-bond donors (Lipinski definition) is 1. The van der Waals surface area contributed by atoms with E-state index in [4.69, 9.17) is 16.3 Å². The molecule has 0 saturated carbocycles. The minimum atomic E-state index is 0.585. The number of hydrogen-bond acceptors (Lipinski definition) is 3. The lowest BCUT2D eigenvalue weighted by Crippen LogP contribution is -2.03. The Morgan fingerprint density at radius 3 is 3.07 bits per heavy atom. The molecule has 0 amide bonds. The van der Waals surface area contributed by atoms with E-state index in [1.165, 1.54) is 0 Å². The van der Waals surface area contributed by atoms with Gasteiger partial charge in [-0.05, 0) is 13.1 Å². The molecule has 0 fully saturated rings. The standard InChI is InChI=1S/C10H13ClN2O/c1-12-5-3-4-8-6-9(11)7-13-10(8)14-2/h3-4,6-7,12H,5H2,1-2H3. The van der Waals surface area contributed by atoms with Gasteiger partial charge >= 0.3 is 0 Å². The molecule has 0 spiro atoms. The maximum Gasteiger partial charge on any atom is 0.220 e. The molecule has 0 unspecified atom stereocenters. The van der Waals surface area contributed by atoms with E-state index in [1.807, 2.05) is 25.3 Å². The Morgan fingerprint density at radius 1 is 1.64 bits per heavy atom. The Kier molecular flexibility index (Phi) is 4.43. The third kappa shape index (κ3) is 3.01. The minimum Gasteiger partial charge on any atom is -0.481 e. The molecule has 14 heavy (non-hydrogen) atoms. The largest absolute Gasteiger partial charge is 0.481 e. The van der Waals surface area contributed by atoms with E-state index in [9.17, 15) is 0 Å². The summed E-state index contributed by atoms with van der Waals surface area (Å²) in [7, 11) is 3.48. The van der Waals surface area contributed by atoms with Gasteiger partial charge in [-0.3, -0.25) is 0 Å². The summed E-state index contributed by atoms with van der Waals surface area (Å²) < 4.78 is 5.09. The predicted octanol–water partition coefficient (Wildman–Crippen LogP) is 1.98. The van der Waals surface area contributed by atoms with Gasteiger partial charge in [0, 0.05) is 18.3 Å². The summed E-state index contributed by atoms with van der Waals surface area (Å²) in [5.74, 6) is 0.585. The van der Waals surface area contributed by atoms with Crippen LogP contribution >= 0.6 is 11.6 Å². The van der Waals surface area contributed by atoms with Crippen molar-refractivity contribution in [2.45, 2.75) is 0 Å². The number of nitrogens with one attached hydrogen (secondary N) is 1. The molecule has 0 bridgehead atoms. The second-order valence-corrected chi connectivity index (χ2v) is 3.15. The third-order valence-electron chi connectivity index (χ3n) is 1.66. The van der Waals surface area contributed by atoms with E-state index in [2.05, 4.69) is 10.3 Å². The molecule has 0 atom stereocenters. The molecule has 3 nitrogen and oxygen atoms in total. The summed E-state index contributed by atoms with van der Waals surface area (Å²) in [5.41, 5.74) is 0.884. The molecule has 76 valence electrons. The summed E-state index contributed by atoms with van der Waals surface area (Å²) in [4.78, 5) is 4.05. The number of nitrogens with zero attached hydrogens (tertiary/aromatic N) is 1. The first-order valence-electron chi connectivity index (χ1n) is 4.28. The molecule has 1 N–H and O–H groups in total. The first kappa shape index (κ1) is 11.0. The van der Waals surface area contributed by atoms with Crippen LogP contribution in [0.25, 0.3) is 6.08 Å². The number of halogens is 1. The van der Waals surface area contributed by atoms with Gasteiger partial charge in [0.05, 0.1) is 12.1 Å². The lowest BCUT2D eigenvalue weighted by molar-refractivity contribution is 0.397. The fraction of sp³-hybridized carbons (Fsp3) is 0.300. The molecular formula is C10H13ClN2O. The van der Waals surface area contributed by atoms with Crippen LogP contribution in [0.2, 0.25) is 5.02 Å². The lowest BCUT2D eigenvalue weighted by atomic mass is 10.2. The second-order valence-electron chi connectivity index (χ2n) is 2.71. The fourth-order valence-electron chi connectivity index (χ4n) is 1.04. The van der Waals surface area contributed by atoms with Gasteiger partial charge in [-0.15, -0.1) is 0 Å². The Bertz CT molecular complexity index is 326. The number of rotatable bonds is 4. The van der Waals surface area contributed by atoms with Crippen LogP contribution in [0.4, 0.5) is 0 Å². The molecule has 4 heteroatoms. The van der Waals surface area contributed by atoms with Crippen molar-refractivity contribution in [2.24, 2.45) is 0 Å². The first-order valence-corrected chi connectivity index (χ1v) is 4.66. The highest BCUT2D eigenvalue weighted by atomic mass is 35.5. The van der Waals surface area contributed by atoms with Gasteiger partial charge in [0.15, 0.2) is 0 Å². The van der Waals surface area contributed by atoms with Crippen molar-refractivity contribution in [1.29, 1.82) is 0 Å². The Hall–Kier alpha value is -1.06. The quantitative estimate of drug-likeness (QED) is 0.829. The van der Waals surface area contributed by atoms with Crippen LogP contribution < -0.4 is 10.1 Å². The van der Waals surface area contributed by atoms with Gasteiger partial charge in [0.25, 0.3) is 0 Å². The van der Waals surface area contributed by atoms with Crippen LogP contribution in [0.5, 0.6) is 5.88 Å². The highest BCUT2D eigenvalue weighted by Crippen LogP contribution is 2.20. The maximum atomic E-state index is 5.82. The summed E-state index contributed by atoms with van der Waals surface area (Å²) in [6.45, 7) is 0.801. The minimum absolute atomic E-state index is 0.585. The molecule has 1 heterocycles. The predicted molar refractivity (Wildman–Crippen MR) is 58.8 cm³/mol. The van der Waals surface area contributed by atoms with E-state index >= 15 is 0 Å². The number of methoxy groups -OCH3 is 1. The SMILES string of the molecule is CNCC=Cc1cc(Cl)cnc1OC. The van der Waals surface area contributed by atoms with E-state index in [-0.39, 0.29) is 0 Å². The lowest BCUT2D eigenvalue weighted by Gasteiger charge is -2.03. The number of likely N-dealkylation sites (N-methyl/N-ethyl adjacent to an activating group) is 1. The monoisotopic (exact) mass is 212 g/mol. The van der Waals surface area contributed by atoms with Gasteiger partial charge in [-0.25, -0.2) is 4.98 Å². The molecule has 0 saturated heterocycles. The number of ether oxygens (including phenoxy) is 1. The molecule has 0 aromatic carbocycles. The van der Waals surface area contributed by atoms with Crippen molar-refractivity contribution in [2.75, 3.05) is 20.7 Å². The normalized spacial score (nSPS) is 10.8. The maximum absolute atomic E-state index is 5.82. The zero-order chi connectivity index (χ0) is 10.4. The van der Waals surface area contributed by atoms with Crippen molar-refractivity contribution in [3.05, 3.63) is 28.9 Å². The first-order chi connectivity index (χ1) is 6.77. The molecular weight excluding hydrogens is 200 g/mol. The molecule has 0 radical (unpaired) electrons. The van der Waals surface area contributed by atoms with Crippen LogP contribution in [0.15, 0.2) is 18.3 Å². The van der Waals surface area contributed by atoms with Crippen LogP contribution in [0, 0.1) is 0 Å². The summed E-state index contributed by atoms with van der Waals surface area (Å²) in [5, 5.41) is 3.62. The van der Waals surface area contributed by atoms with Gasteiger partial charge < -0.3 is 10.1 Å². The zero-order valence-corrected chi connectivity index (χ0v) is 9.01. The van der Waals surface area contributed by atoms with Crippen molar-refractivity contribution >= 4 is 17.7 Å². The average Bonchev–Trinajstić information content (AvgIpc) is 2.19. The van der Waals surface area contributed by atoms with Crippen LogP contribution in [-0.4, -0.2) is 25.7 Å². The van der Waals surface area contributed by atoms with Crippen molar-refractivity contribution < 1.29 is 4.74 Å². The van der Waals surface area contributed by atoms with E-state index in [0.717, 1.165) is 12.1 Å². The third-order valence-corrected chi connectivity index (χ3v) is 1.86. The van der Waals surface area contributed by atoms with Crippen molar-refractivity contribution in [3.8, 4) is 5.88 Å². The molecule has 0 aliphatic rings. The topological polar surface area (TPSA) is 34.2 Å². The molecule has 0 aliphatic heterocycles. The summed E-state index contributed by atoms with van der Waals surface area (Å²) in [6.07, 6.45) is 5.47. The van der Waals surface area contributed by atoms with Crippen LogP contribution in [0.3, 0.4) is 0 Å². The highest BCUT2D eigenvalue weighted by Gasteiger charge is 2.00. The molecule has 1 aromatic rings. The summed E-state index contributed by atoms with van der Waals surface area (Å²) >= 11 is 5.82. The van der Waals surface area contributed by atoms with Gasteiger partial charge in [0.1, 0.15) is 0 Å². The highest BCUT2D eigenvalue weighted by molar-refractivity contribution is 6.30. The van der Waals surface area contributed by atoms with Gasteiger partial charge in [-0.1, -0.05) is 23.8 Å². The van der Waals surface area contributed by atoms with Gasteiger partial charge in [0.2, 0.25) is 5.88 Å². The fourth-order valence-corrected chi connectivity index (χ4v) is 1.20. The van der Waals surface area contributed by atoms with Crippen molar-refractivity contribution in [3.63, 3.8) is 0 Å². The number of aromatic nitrogens is 1. The second kappa shape index (κ2) is 5.62. The molecule has 1 rings (SSSR count). The van der Waals surface area contributed by atoms with E-state index in [1.54, 1.807) is 13.3 Å². The van der Waals surface area contributed by atoms with Gasteiger partial charge in [-0.2, -0.15) is 0 Å². The average molecular weight is 213 g/mol. The van der Waals surface area contributed by atoms with Crippen LogP contribution in [-0.2, 0) is 0 Å². The smallest absolute Gasteiger partial charge is 0.220 e. The van der Waals surface area contributed by atoms with Crippen LogP contribution in [0.1, 0.15) is 5.56 Å². The Morgan fingerprint density at radius 2 is 2.43 bits per heavy atom. The summed E-state index contributed by atoms with van der Waals surface area (Å²) in [6, 6.07) is 1.82. The zero-order valence-electron chi connectivity index (χ0n) is 8.25. The Balaban J connectivity index is 2.87.